The summed E-state index contributed by atoms with van der Waals surface area (Å²) in [5.74, 6) is -3.71. The molecule has 3 aromatic carbocycles. The fraction of sp³-hybridized carbons (Fsp3) is 0.174. The minimum Gasteiger partial charge on any atom is -0.872 e. The zero-order valence-electron chi connectivity index (χ0n) is 28.2. The van der Waals surface area contributed by atoms with Crippen LogP contribution in [0.15, 0.2) is 62.5 Å². The van der Waals surface area contributed by atoms with E-state index in [2.05, 4.69) is 41.1 Å². The van der Waals surface area contributed by atoms with Crippen molar-refractivity contribution in [1.82, 2.24) is 15.0 Å². The standard InChI is InChI=1S/C23H25N9O13S4.4Na/c24-15-3-1-12-9-14(48(40,41)42)11-17(33)19(12)20(15)32-31-16-4-2-13(10-18(16)49(43,44)45)27-23-29-21(25-5-7-46(34,35)36)28-22(30-23)26-6-8-47(37,38)39;;;;/h1-4,9-11,33H,5-8,24H2,(H,34,35,36)(H,37,38,39)(H,40,41,42)(H,43,44,45)(H3,25,26,27,28,29,30);;;;/q;4*+1/p-4. The van der Waals surface area contributed by atoms with Gasteiger partial charge in [0, 0.05) is 24.2 Å². The molecule has 0 aliphatic rings. The smallest absolute Gasteiger partial charge is 0.872 e. The number of anilines is 5. The van der Waals surface area contributed by atoms with Crippen molar-refractivity contribution < 1.29 is 175 Å². The van der Waals surface area contributed by atoms with Crippen LogP contribution in [-0.2, 0) is 40.5 Å². The van der Waals surface area contributed by atoms with Gasteiger partial charge in [0.25, 0.3) is 10.1 Å². The zero-order valence-corrected chi connectivity index (χ0v) is 39.4. The molecule has 0 saturated carbocycles. The van der Waals surface area contributed by atoms with Crippen LogP contribution in [-0.4, -0.2) is 91.4 Å². The molecule has 6 N–H and O–H groups in total. The number of azo groups is 1. The van der Waals surface area contributed by atoms with Crippen molar-refractivity contribution in [2.45, 2.75) is 9.79 Å². The van der Waals surface area contributed by atoms with Crippen molar-refractivity contribution >= 4 is 91.8 Å². The Morgan fingerprint density at radius 2 is 1.25 bits per heavy atom. The zero-order chi connectivity index (χ0) is 36.4. The van der Waals surface area contributed by atoms with Crippen molar-refractivity contribution in [1.29, 1.82) is 0 Å². The van der Waals surface area contributed by atoms with E-state index in [1.165, 1.54) is 18.2 Å². The number of nitrogens with one attached hydrogen (secondary N) is 3. The molecule has 0 spiro atoms. The summed E-state index contributed by atoms with van der Waals surface area (Å²) < 4.78 is 134. The Morgan fingerprint density at radius 1 is 0.717 bits per heavy atom. The predicted octanol–water partition coefficient (Wildman–Crippen LogP) is -12.1. The fourth-order valence-corrected chi connectivity index (χ4v) is 5.81. The van der Waals surface area contributed by atoms with E-state index in [1.807, 2.05) is 0 Å². The number of hydrogen-bond donors (Lipinski definition) is 5. The number of hydrogen-bond acceptors (Lipinski definition) is 21. The van der Waals surface area contributed by atoms with Crippen LogP contribution in [0.4, 0.5) is 40.6 Å². The van der Waals surface area contributed by atoms with E-state index in [4.69, 9.17) is 5.73 Å². The quantitative estimate of drug-likeness (QED) is 0.0340. The van der Waals surface area contributed by atoms with Crippen molar-refractivity contribution in [3.63, 3.8) is 0 Å². The summed E-state index contributed by atoms with van der Waals surface area (Å²) in [6, 6.07) is 7.08. The first kappa shape index (κ1) is 52.2. The first-order valence-electron chi connectivity index (χ1n) is 13.0. The molecule has 30 heteroatoms. The maximum Gasteiger partial charge on any atom is 1.00 e. The van der Waals surface area contributed by atoms with Gasteiger partial charge in [0.15, 0.2) is 0 Å². The number of nitrogens with two attached hydrogens (primary N) is 1. The second-order valence-electron chi connectivity index (χ2n) is 9.64. The van der Waals surface area contributed by atoms with Crippen molar-refractivity contribution in [2.75, 3.05) is 46.3 Å². The first-order valence-corrected chi connectivity index (χ1v) is 19.0. The maximum atomic E-state index is 12.7. The largest absolute Gasteiger partial charge is 1.00 e. The molecular formula is C23H21N9Na4O13S4. The third-order valence-corrected chi connectivity index (χ3v) is 9.11. The van der Waals surface area contributed by atoms with Gasteiger partial charge in [-0.25, -0.2) is 25.3 Å². The Bertz CT molecular complexity index is 2370. The van der Waals surface area contributed by atoms with Crippen molar-refractivity contribution in [2.24, 2.45) is 10.2 Å². The number of benzene rings is 3. The molecule has 0 atom stereocenters. The second-order valence-corrected chi connectivity index (χ2v) is 15.5. The van der Waals surface area contributed by atoms with E-state index >= 15 is 0 Å². The van der Waals surface area contributed by atoms with Crippen molar-refractivity contribution in [3.05, 3.63) is 42.5 Å². The molecule has 0 unspecified atom stereocenters. The topological polar surface area (TPSA) is 375 Å². The second kappa shape index (κ2) is 21.1. The maximum absolute atomic E-state index is 12.7. The summed E-state index contributed by atoms with van der Waals surface area (Å²) >= 11 is 0. The molecule has 264 valence electrons. The minimum atomic E-state index is -5.04. The number of nitrogens with zero attached hydrogens (tertiary/aromatic N) is 5. The van der Waals surface area contributed by atoms with Crippen LogP contribution < -0.4 is 145 Å². The Morgan fingerprint density at radius 3 is 1.74 bits per heavy atom. The summed E-state index contributed by atoms with van der Waals surface area (Å²) in [6.07, 6.45) is 0. The van der Waals surface area contributed by atoms with E-state index in [0.717, 1.165) is 18.2 Å². The molecule has 1 heterocycles. The molecule has 1 aromatic heterocycles. The van der Waals surface area contributed by atoms with Gasteiger partial charge >= 0.3 is 118 Å². The number of nitrogen functional groups attached to an aromatic ring is 1. The van der Waals surface area contributed by atoms with Gasteiger partial charge in [0.05, 0.1) is 42.3 Å². The third kappa shape index (κ3) is 15.9. The van der Waals surface area contributed by atoms with E-state index < -0.39 is 86.3 Å². The van der Waals surface area contributed by atoms with E-state index in [-0.39, 0.29) is 164 Å². The van der Waals surface area contributed by atoms with E-state index in [0.29, 0.717) is 6.07 Å². The van der Waals surface area contributed by atoms with Gasteiger partial charge in [-0.15, -0.1) is 10.2 Å². The molecule has 0 saturated heterocycles. The van der Waals surface area contributed by atoms with Gasteiger partial charge in [-0.2, -0.15) is 23.4 Å². The Hall–Kier alpha value is -0.830. The molecule has 53 heavy (non-hydrogen) atoms. The molecule has 0 fully saturated rings. The number of rotatable bonds is 14. The number of fused-ring (bicyclic) bond motifs is 1. The summed E-state index contributed by atoms with van der Waals surface area (Å²) in [7, 11) is -19.3. The molecular weight excluding hydrogens is 831 g/mol. The van der Waals surface area contributed by atoms with Gasteiger partial charge in [-0.3, -0.25) is 4.55 Å². The molecule has 22 nitrogen and oxygen atoms in total. The van der Waals surface area contributed by atoms with Crippen LogP contribution in [0.25, 0.3) is 10.8 Å². The molecule has 0 radical (unpaired) electrons. The number of aromatic nitrogens is 3. The van der Waals surface area contributed by atoms with Gasteiger partial charge < -0.3 is 40.4 Å². The molecule has 4 rings (SSSR count). The molecule has 0 aliphatic heterocycles. The summed E-state index contributed by atoms with van der Waals surface area (Å²) in [5.41, 5.74) is 4.90. The van der Waals surface area contributed by atoms with Crippen LogP contribution in [0.5, 0.6) is 5.75 Å². The average Bonchev–Trinajstić information content (AvgIpc) is 2.95. The molecule has 0 aliphatic carbocycles. The van der Waals surface area contributed by atoms with Gasteiger partial charge in [-0.1, -0.05) is 17.9 Å². The van der Waals surface area contributed by atoms with E-state index in [1.54, 1.807) is 0 Å². The van der Waals surface area contributed by atoms with Crippen LogP contribution >= 0.6 is 0 Å². The van der Waals surface area contributed by atoms with Gasteiger partial charge in [0.1, 0.15) is 26.4 Å². The van der Waals surface area contributed by atoms with Crippen molar-refractivity contribution in [3.8, 4) is 5.75 Å². The molecule has 0 amide bonds. The normalized spacial score (nSPS) is 11.8. The van der Waals surface area contributed by atoms with E-state index in [9.17, 15) is 57.0 Å². The van der Waals surface area contributed by atoms with Crippen LogP contribution in [0.3, 0.4) is 0 Å². The minimum absolute atomic E-state index is 0. The Labute approximate surface area is 391 Å². The van der Waals surface area contributed by atoms with Crippen LogP contribution in [0.2, 0.25) is 0 Å². The monoisotopic (exact) mass is 851 g/mol. The molecule has 0 bridgehead atoms. The average molecular weight is 852 g/mol. The summed E-state index contributed by atoms with van der Waals surface area (Å²) in [6.45, 7) is -0.908. The fourth-order valence-electron chi connectivity index (χ4n) is 3.93. The summed E-state index contributed by atoms with van der Waals surface area (Å²) in [5, 5.41) is 27.6. The van der Waals surface area contributed by atoms with Crippen LogP contribution in [0.1, 0.15) is 0 Å². The predicted molar refractivity (Wildman–Crippen MR) is 165 cm³/mol. The SMILES string of the molecule is Nc1ccc2cc(S(=O)(=O)[O-])cc([O-])c2c1N=Nc1ccc(Nc2nc(NCCS(=O)(=O)[O-])nc(NCCS(=O)(=O)[O-])n2)cc1S(=O)(=O)O.[Na+].[Na+].[Na+].[Na+]. The van der Waals surface area contributed by atoms with Gasteiger partial charge in [-0.05, 0) is 35.7 Å². The Kier molecular flexibility index (Phi) is 20.7. The molecule has 4 aromatic rings. The van der Waals surface area contributed by atoms with Gasteiger partial charge in [0.2, 0.25) is 17.8 Å². The van der Waals surface area contributed by atoms with Crippen LogP contribution in [0, 0.1) is 0 Å². The third-order valence-electron chi connectivity index (χ3n) is 6.00. The Balaban J connectivity index is 0.00000676. The summed E-state index contributed by atoms with van der Waals surface area (Å²) in [4.78, 5) is 10.1. The first-order chi connectivity index (χ1) is 22.6.